The molecule has 19 heavy (non-hydrogen) atoms. The first-order valence-corrected chi connectivity index (χ1v) is 5.37. The van der Waals surface area contributed by atoms with Crippen LogP contribution in [0.1, 0.15) is 0 Å². The molecule has 0 saturated heterocycles. The van der Waals surface area contributed by atoms with Gasteiger partial charge in [0, 0.05) is 6.20 Å². The zero-order valence-corrected chi connectivity index (χ0v) is 9.43. The molecule has 4 nitrogen and oxygen atoms in total. The third-order valence-electron chi connectivity index (χ3n) is 2.58. The van der Waals surface area contributed by atoms with Crippen LogP contribution in [0, 0.1) is 11.6 Å². The van der Waals surface area contributed by atoms with Gasteiger partial charge in [0.1, 0.15) is 22.6 Å². The Bertz CT molecular complexity index is 810. The van der Waals surface area contributed by atoms with Gasteiger partial charge in [0.15, 0.2) is 5.65 Å². The Morgan fingerprint density at radius 2 is 1.79 bits per heavy atom. The minimum Gasteiger partial charge on any atom is -0.403 e. The molecule has 0 amide bonds. The van der Waals surface area contributed by atoms with E-state index < -0.39 is 28.7 Å². The Morgan fingerprint density at radius 3 is 2.53 bits per heavy atom. The van der Waals surface area contributed by atoms with Crippen LogP contribution in [0.4, 0.5) is 8.78 Å². The summed E-state index contributed by atoms with van der Waals surface area (Å²) in [5, 5.41) is 0.156. The molecule has 2 heterocycles. The van der Waals surface area contributed by atoms with Crippen molar-refractivity contribution in [1.82, 2.24) is 9.97 Å². The van der Waals surface area contributed by atoms with Crippen LogP contribution in [0.5, 0.6) is 0 Å². The van der Waals surface area contributed by atoms with Crippen molar-refractivity contribution in [2.45, 2.75) is 0 Å². The number of rotatable bonds is 1. The van der Waals surface area contributed by atoms with Crippen molar-refractivity contribution in [1.29, 1.82) is 0 Å². The van der Waals surface area contributed by atoms with Gasteiger partial charge < -0.3 is 4.42 Å². The molecule has 0 N–H and O–H groups in total. The number of fused-ring (bicyclic) bond motifs is 1. The maximum atomic E-state index is 13.6. The lowest BCUT2D eigenvalue weighted by Crippen LogP contribution is -2.05. The Morgan fingerprint density at radius 1 is 1.05 bits per heavy atom. The lowest BCUT2D eigenvalue weighted by molar-refractivity contribution is 0.501. The van der Waals surface area contributed by atoms with Crippen LogP contribution in [0.2, 0.25) is 0 Å². The molecule has 1 aromatic carbocycles. The molecule has 0 bridgehead atoms. The molecule has 0 aliphatic heterocycles. The van der Waals surface area contributed by atoms with Crippen LogP contribution in [-0.2, 0) is 0 Å². The fourth-order valence-electron chi connectivity index (χ4n) is 1.72. The van der Waals surface area contributed by atoms with Crippen molar-refractivity contribution in [3.05, 3.63) is 58.6 Å². The minimum absolute atomic E-state index is 0.0800. The average molecular weight is 260 g/mol. The molecule has 0 radical (unpaired) electrons. The standard InChI is InChI=1S/C13H6F2N2O2/c14-8-4-1-5-9(15)10(8)12-17-11-7(13(18)19-12)3-2-6-16-11/h1-6H. The normalized spacial score (nSPS) is 10.8. The summed E-state index contributed by atoms with van der Waals surface area (Å²) in [5.74, 6) is -2.14. The number of pyridine rings is 1. The summed E-state index contributed by atoms with van der Waals surface area (Å²) < 4.78 is 32.1. The zero-order chi connectivity index (χ0) is 13.4. The zero-order valence-electron chi connectivity index (χ0n) is 9.43. The van der Waals surface area contributed by atoms with Gasteiger partial charge in [-0.3, -0.25) is 0 Å². The fraction of sp³-hybridized carbons (Fsp3) is 0. The van der Waals surface area contributed by atoms with Crippen molar-refractivity contribution < 1.29 is 13.2 Å². The van der Waals surface area contributed by atoms with E-state index in [1.165, 1.54) is 18.3 Å². The summed E-state index contributed by atoms with van der Waals surface area (Å²) >= 11 is 0. The molecular formula is C13H6F2N2O2. The summed E-state index contributed by atoms with van der Waals surface area (Å²) in [5.41, 5.74) is -1.14. The van der Waals surface area contributed by atoms with E-state index in [2.05, 4.69) is 9.97 Å². The predicted octanol–water partition coefficient (Wildman–Crippen LogP) is 2.53. The van der Waals surface area contributed by atoms with Crippen molar-refractivity contribution in [2.75, 3.05) is 0 Å². The minimum atomic E-state index is -0.856. The predicted molar refractivity (Wildman–Crippen MR) is 63.4 cm³/mol. The van der Waals surface area contributed by atoms with Gasteiger partial charge in [-0.25, -0.2) is 18.6 Å². The van der Waals surface area contributed by atoms with E-state index in [1.807, 2.05) is 0 Å². The van der Waals surface area contributed by atoms with E-state index in [9.17, 15) is 13.6 Å². The van der Waals surface area contributed by atoms with Crippen LogP contribution in [-0.4, -0.2) is 9.97 Å². The molecule has 0 aliphatic rings. The van der Waals surface area contributed by atoms with Crippen LogP contribution in [0.3, 0.4) is 0 Å². The van der Waals surface area contributed by atoms with Crippen LogP contribution >= 0.6 is 0 Å². The molecule has 3 rings (SSSR count). The molecule has 0 aliphatic carbocycles. The van der Waals surface area contributed by atoms with E-state index in [0.717, 1.165) is 12.1 Å². The first-order valence-electron chi connectivity index (χ1n) is 5.37. The summed E-state index contributed by atoms with van der Waals surface area (Å²) in [4.78, 5) is 19.4. The Kier molecular flexibility index (Phi) is 2.56. The molecule has 0 atom stereocenters. The summed E-state index contributed by atoms with van der Waals surface area (Å²) in [7, 11) is 0. The number of nitrogens with zero attached hydrogens (tertiary/aromatic N) is 2. The molecule has 0 fully saturated rings. The van der Waals surface area contributed by atoms with Gasteiger partial charge in [0.2, 0.25) is 5.89 Å². The van der Waals surface area contributed by atoms with Gasteiger partial charge in [0.05, 0.1) is 0 Å². The lowest BCUT2D eigenvalue weighted by atomic mass is 10.2. The molecular weight excluding hydrogens is 254 g/mol. The molecule has 6 heteroatoms. The summed E-state index contributed by atoms with van der Waals surface area (Å²) in [6.45, 7) is 0. The smallest absolute Gasteiger partial charge is 0.348 e. The highest BCUT2D eigenvalue weighted by molar-refractivity contribution is 5.74. The Hall–Kier alpha value is -2.63. The van der Waals surface area contributed by atoms with E-state index in [1.54, 1.807) is 6.07 Å². The first kappa shape index (κ1) is 11.5. The topological polar surface area (TPSA) is 56.0 Å². The Balaban J connectivity index is 2.35. The summed E-state index contributed by atoms with van der Waals surface area (Å²) in [6, 6.07) is 6.35. The SMILES string of the molecule is O=c1oc(-c2c(F)cccc2F)nc2ncccc12. The second-order valence-electron chi connectivity index (χ2n) is 3.78. The van der Waals surface area contributed by atoms with E-state index in [0.29, 0.717) is 0 Å². The van der Waals surface area contributed by atoms with E-state index >= 15 is 0 Å². The van der Waals surface area contributed by atoms with Crippen molar-refractivity contribution in [3.63, 3.8) is 0 Å². The molecule has 0 spiro atoms. The number of aromatic nitrogens is 2. The van der Waals surface area contributed by atoms with Crippen LogP contribution < -0.4 is 5.63 Å². The van der Waals surface area contributed by atoms with Crippen molar-refractivity contribution >= 4 is 11.0 Å². The highest BCUT2D eigenvalue weighted by Crippen LogP contribution is 2.24. The van der Waals surface area contributed by atoms with E-state index in [4.69, 9.17) is 4.42 Å². The highest BCUT2D eigenvalue weighted by atomic mass is 19.1. The van der Waals surface area contributed by atoms with Crippen LogP contribution in [0.25, 0.3) is 22.5 Å². The fourth-order valence-corrected chi connectivity index (χ4v) is 1.72. The highest BCUT2D eigenvalue weighted by Gasteiger charge is 2.17. The molecule has 3 aromatic rings. The monoisotopic (exact) mass is 260 g/mol. The molecule has 94 valence electrons. The van der Waals surface area contributed by atoms with E-state index in [-0.39, 0.29) is 11.0 Å². The van der Waals surface area contributed by atoms with Gasteiger partial charge in [-0.1, -0.05) is 6.07 Å². The number of benzene rings is 1. The second-order valence-corrected chi connectivity index (χ2v) is 3.78. The van der Waals surface area contributed by atoms with Crippen molar-refractivity contribution in [3.8, 4) is 11.5 Å². The third kappa shape index (κ3) is 1.87. The number of hydrogen-bond acceptors (Lipinski definition) is 4. The van der Waals surface area contributed by atoms with Crippen LogP contribution in [0.15, 0.2) is 45.7 Å². The van der Waals surface area contributed by atoms with Gasteiger partial charge >= 0.3 is 5.63 Å². The lowest BCUT2D eigenvalue weighted by Gasteiger charge is -2.03. The molecule has 2 aromatic heterocycles. The van der Waals surface area contributed by atoms with Gasteiger partial charge in [0.25, 0.3) is 0 Å². The maximum Gasteiger partial charge on any atom is 0.348 e. The largest absolute Gasteiger partial charge is 0.403 e. The molecule has 0 saturated carbocycles. The quantitative estimate of drug-likeness (QED) is 0.674. The number of halogens is 2. The molecule has 0 unspecified atom stereocenters. The third-order valence-corrected chi connectivity index (χ3v) is 2.58. The maximum absolute atomic E-state index is 13.6. The Labute approximate surface area is 105 Å². The average Bonchev–Trinajstić information content (AvgIpc) is 2.38. The second kappa shape index (κ2) is 4.24. The van der Waals surface area contributed by atoms with Gasteiger partial charge in [-0.05, 0) is 24.3 Å². The van der Waals surface area contributed by atoms with Gasteiger partial charge in [-0.2, -0.15) is 4.98 Å². The summed E-state index contributed by atoms with van der Waals surface area (Å²) in [6.07, 6.45) is 1.43. The number of hydrogen-bond donors (Lipinski definition) is 0. The van der Waals surface area contributed by atoms with Gasteiger partial charge in [-0.15, -0.1) is 0 Å². The van der Waals surface area contributed by atoms with Crippen molar-refractivity contribution in [2.24, 2.45) is 0 Å². The first-order chi connectivity index (χ1) is 9.16.